The number of aryl methyl sites for hydroxylation is 2. The number of fused-ring (bicyclic) bond motifs is 8. The number of carbonyl (C=O) groups excluding carboxylic acids is 4. The summed E-state index contributed by atoms with van der Waals surface area (Å²) in [6, 6.07) is 62.1. The maximum Gasteiger partial charge on any atom is 0.311 e. The van der Waals surface area contributed by atoms with Gasteiger partial charge in [-0.3, -0.25) is 34.4 Å². The number of aromatic hydroxyl groups is 1. The van der Waals surface area contributed by atoms with Crippen LogP contribution in [0.1, 0.15) is 148 Å². The molecule has 0 bridgehead atoms. The van der Waals surface area contributed by atoms with Crippen molar-refractivity contribution < 1.29 is 121 Å². The van der Waals surface area contributed by atoms with E-state index in [-0.39, 0.29) is 56.0 Å². The van der Waals surface area contributed by atoms with Crippen LogP contribution in [0.15, 0.2) is 208 Å². The molecule has 2 unspecified atom stereocenters. The van der Waals surface area contributed by atoms with Gasteiger partial charge in [0.25, 0.3) is 0 Å². The molecule has 35 heteroatoms. The number of halogens is 9. The molecular weight excluding hydrogens is 1960 g/mol. The molecule has 0 fully saturated rings. The molecule has 13 N–H and O–H groups in total. The van der Waals surface area contributed by atoms with Crippen molar-refractivity contribution in [2.45, 2.75) is 124 Å². The van der Waals surface area contributed by atoms with Crippen molar-refractivity contribution in [3.8, 4) is 91.6 Å². The molecule has 10 aromatic carbocycles. The Bertz CT molecular complexity index is 7440. The first-order valence-electron chi connectivity index (χ1n) is 49.1. The number of nitrogens with one attached hydrogen (secondary N) is 2. The predicted molar refractivity (Wildman–Crippen MR) is 557 cm³/mol. The number of Topliss-reactive ketones (excluding diaryl/α,β-unsaturated/α-hetero) is 1. The number of benzene rings is 12. The summed E-state index contributed by atoms with van der Waals surface area (Å²) in [6.45, 7) is 22.5. The van der Waals surface area contributed by atoms with E-state index in [1.165, 1.54) is 26.7 Å². The molecule has 788 valence electrons. The Morgan fingerprint density at radius 1 is 0.507 bits per heavy atom. The number of methoxy groups -OCH3 is 2. The maximum absolute atomic E-state index is 14.3. The standard InChI is InChI=1S/C48H48N4O5.C33H29F4N3O7S.C20H20N2O2.C7H4F4O.C6H15N.CH3F/c1-4-52(42-29-43(55-3)41(25-31(42)2)48-39-21-19-35(49)27-45(39)57-46-28-36(50)20-22-40(46)48)24-10-16-47(54)51-23-9-14-37(53)30-56-44-26-34-13-6-5-11-32(34)17-18-33-12-7-8-15-38(33)44;1-4-40(11-5-6-26(41)47-32-28(34)30(36)33(48(42,43)44)31(37)29(32)35)22-15-23(45-3)21(12-16(22)2)27-19-9-7-17(38)13-24(19)46-25-14-18(39)8-10-20(25)27;21-11-12-22-20(23)14-24-19-13-17-7-2-1-5-15(17)9-10-16-6-3-4-8-18(16)19;1-2-3(8)5(10)7(12)6(11)4(2)9;1-4-7(5-2)6-3;1-2/h5-8,11-13,15,19-22,25,27-29,44,49H,4,9-10,14,16,23-24,26,30,50H2,1-3H3,(H,51,54);7-10,12-15,38H,4-6,11,39H2,1-3H3,(H,42,43,44);1-8,19H,11-14,21H2,(H,22,23);12H,1H3;4-6H2,1-3H3;1H3/p+1/i;;;;;1D. The van der Waals surface area contributed by atoms with Crippen LogP contribution in [-0.2, 0) is 51.6 Å². The number of nitrogens with two attached hydrogens (primary N) is 5. The number of nitrogens with zero attached hydrogens (tertiary/aromatic N) is 3. The fourth-order valence-electron chi connectivity index (χ4n) is 17.3. The molecule has 2 aliphatic heterocycles. The first-order valence-corrected chi connectivity index (χ1v) is 49.8. The van der Waals surface area contributed by atoms with E-state index in [0.717, 1.165) is 130 Å². The lowest BCUT2D eigenvalue weighted by molar-refractivity contribution is -0.173. The van der Waals surface area contributed by atoms with E-state index in [2.05, 4.69) is 108 Å². The lowest BCUT2D eigenvalue weighted by Crippen LogP contribution is -2.44. The van der Waals surface area contributed by atoms with Gasteiger partial charge in [-0.05, 0) is 180 Å². The second-order valence-corrected chi connectivity index (χ2v) is 36.2. The first kappa shape index (κ1) is 113. The number of amides is 2. The van der Waals surface area contributed by atoms with Crippen molar-refractivity contribution >= 4 is 78.4 Å². The van der Waals surface area contributed by atoms with E-state index in [9.17, 15) is 71.7 Å². The van der Waals surface area contributed by atoms with E-state index in [4.69, 9.17) is 62.3 Å². The van der Waals surface area contributed by atoms with Gasteiger partial charge in [0.1, 0.15) is 62.4 Å². The molecule has 6 aliphatic rings. The molecule has 0 spiro atoms. The molecule has 4 aliphatic carbocycles. The highest BCUT2D eigenvalue weighted by Crippen LogP contribution is 2.49. The Balaban J connectivity index is 0.000000204. The molecule has 150 heavy (non-hydrogen) atoms. The molecule has 16 rings (SSSR count). The normalized spacial score (nSPS) is 12.6. The fourth-order valence-corrected chi connectivity index (χ4v) is 17.9. The SMILES string of the molecule is CCN(CC)CC.CCN(CCCC(=O)NCCCC(=O)COC1Cc2ccccc2C#Cc2ccccc21)c1cc(OC)c(-c2c3ccc(=[NH2+])cc-3oc3cc(N)ccc23)cc1C.CCN(CCCC(=O)Oc1c(F)c(F)c(S(=O)(=O)[O-])c(F)c1F)c1cc(OC)c(-c2c3ccc(=[NH2+])cc-3oc3cc(N)ccc23)cc1C.Cc1c(F)c(F)c(O)c(F)c1F.NCCNC(=O)COC1Cc2ccccc2C#Cc2ccccc21.[2H]CF. The smallest absolute Gasteiger partial charge is 0.311 e. The predicted octanol–water partition coefficient (Wildman–Crippen LogP) is 17.0. The number of phenols is 1. The number of esters is 1. The molecule has 25 nitrogen and oxygen atoms in total. The number of nitrogen functional groups attached to an aromatic ring is 2. The minimum absolute atomic E-state index is 0.00853. The molecular formula is C115H120F9N10O15S+. The Labute approximate surface area is 865 Å². The molecule has 0 aromatic heterocycles. The monoisotopic (exact) mass is 2080 g/mol. The number of hydrogen-bond donors (Lipinski definition) is 8. The van der Waals surface area contributed by atoms with Crippen LogP contribution in [0.3, 0.4) is 0 Å². The number of phenolic OH excluding ortho intramolecular Hbond substituents is 1. The van der Waals surface area contributed by atoms with Gasteiger partial charge in [0, 0.05) is 209 Å². The van der Waals surface area contributed by atoms with Gasteiger partial charge in [-0.2, -0.15) is 17.6 Å². The number of anilines is 4. The maximum atomic E-state index is 14.3. The van der Waals surface area contributed by atoms with E-state index in [1.807, 2.05) is 164 Å². The third-order valence-corrected chi connectivity index (χ3v) is 25.9. The third kappa shape index (κ3) is 28.5. The second kappa shape index (κ2) is 53.9. The largest absolute Gasteiger partial charge is 0.744 e. The molecule has 0 saturated carbocycles. The average molecular weight is 2090 g/mol. The zero-order valence-electron chi connectivity index (χ0n) is 85.7. The van der Waals surface area contributed by atoms with Crippen LogP contribution < -0.4 is 73.4 Å². The highest BCUT2D eigenvalue weighted by atomic mass is 32.2. The van der Waals surface area contributed by atoms with Crippen LogP contribution in [0.2, 0.25) is 0 Å². The van der Waals surface area contributed by atoms with Crippen molar-refractivity contribution in [2.24, 2.45) is 5.73 Å². The van der Waals surface area contributed by atoms with E-state index in [0.29, 0.717) is 122 Å². The Morgan fingerprint density at radius 2 is 0.927 bits per heavy atom. The van der Waals surface area contributed by atoms with Crippen molar-refractivity contribution in [1.82, 2.24) is 15.5 Å². The van der Waals surface area contributed by atoms with Crippen LogP contribution in [0, 0.1) is 91.0 Å². The van der Waals surface area contributed by atoms with Crippen molar-refractivity contribution in [3.05, 3.63) is 313 Å². The summed E-state index contributed by atoms with van der Waals surface area (Å²) in [6.07, 6.45) is 2.43. The summed E-state index contributed by atoms with van der Waals surface area (Å²) in [7, 11) is -3.70. The number of rotatable bonds is 33. The number of carbonyl (C=O) groups is 4. The molecule has 2 heterocycles. The van der Waals surface area contributed by atoms with Crippen LogP contribution >= 0.6 is 0 Å². The molecule has 0 radical (unpaired) electrons. The second-order valence-electron chi connectivity index (χ2n) is 34.8. The topological polar surface area (TPSA) is 381 Å². The van der Waals surface area contributed by atoms with Crippen LogP contribution in [0.4, 0.5) is 62.3 Å². The van der Waals surface area contributed by atoms with Crippen LogP contribution in [0.25, 0.3) is 66.8 Å². The van der Waals surface area contributed by atoms with Gasteiger partial charge in [-0.25, -0.2) is 26.0 Å². The summed E-state index contributed by atoms with van der Waals surface area (Å²) >= 11 is 0. The van der Waals surface area contributed by atoms with Gasteiger partial charge in [-0.1, -0.05) is 117 Å². The first-order chi connectivity index (χ1) is 72.4. The lowest BCUT2D eigenvalue weighted by Gasteiger charge is -2.27. The van der Waals surface area contributed by atoms with Gasteiger partial charge >= 0.3 is 5.97 Å². The quantitative estimate of drug-likeness (QED) is 0.00218. The van der Waals surface area contributed by atoms with Gasteiger partial charge in [0.2, 0.25) is 40.8 Å². The highest BCUT2D eigenvalue weighted by Gasteiger charge is 2.34. The number of hydrogen-bond acceptors (Lipinski definition) is 21. The summed E-state index contributed by atoms with van der Waals surface area (Å²) in [5.74, 6) is -5.69. The zero-order valence-corrected chi connectivity index (χ0v) is 85.5. The molecule has 10 aromatic rings. The fraction of sp³-hybridized carbons (Fsp3) is 0.287. The summed E-state index contributed by atoms with van der Waals surface area (Å²) in [5, 5.41) is 29.2. The van der Waals surface area contributed by atoms with E-state index in [1.54, 1.807) is 31.4 Å². The molecule has 0 saturated heterocycles. The van der Waals surface area contributed by atoms with Gasteiger partial charge < -0.3 is 84.7 Å². The number of ketones is 1. The lowest BCUT2D eigenvalue weighted by atomic mass is 9.91. The van der Waals surface area contributed by atoms with E-state index < -0.39 is 98.2 Å². The minimum Gasteiger partial charge on any atom is -0.744 e. The van der Waals surface area contributed by atoms with Crippen molar-refractivity contribution in [2.75, 3.05) is 121 Å². The summed E-state index contributed by atoms with van der Waals surface area (Å²) in [5.41, 5.74) is 36.2. The molecule has 2 atom stereocenters. The number of alkyl halides is 1. The molecule has 2 amide bonds. The highest BCUT2D eigenvalue weighted by molar-refractivity contribution is 7.85. The van der Waals surface area contributed by atoms with Crippen LogP contribution in [0.5, 0.6) is 23.0 Å². The summed E-state index contributed by atoms with van der Waals surface area (Å²) in [4.78, 5) is 54.2. The van der Waals surface area contributed by atoms with Crippen LogP contribution in [-0.4, -0.2) is 147 Å². The minimum atomic E-state index is -5.91. The Morgan fingerprint density at radius 3 is 1.35 bits per heavy atom. The summed E-state index contributed by atoms with van der Waals surface area (Å²) < 4.78 is 196. The Kier molecular flexibility index (Phi) is 40.7. The van der Waals surface area contributed by atoms with Crippen molar-refractivity contribution in [1.29, 1.82) is 0 Å². The van der Waals surface area contributed by atoms with E-state index >= 15 is 0 Å². The van der Waals surface area contributed by atoms with Crippen molar-refractivity contribution in [3.63, 3.8) is 0 Å². The van der Waals surface area contributed by atoms with Gasteiger partial charge in [0.15, 0.2) is 45.5 Å². The third-order valence-electron chi connectivity index (χ3n) is 25.1. The van der Waals surface area contributed by atoms with Gasteiger partial charge in [0.05, 0.1) is 47.1 Å². The van der Waals surface area contributed by atoms with Gasteiger partial charge in [-0.15, -0.1) is 0 Å². The number of ether oxygens (including phenoxy) is 5. The Hall–Kier alpha value is -15.5. The zero-order chi connectivity index (χ0) is 110. The average Bonchev–Trinajstić information content (AvgIpc) is 0.777.